The molecule has 1 rings (SSSR count). The van der Waals surface area contributed by atoms with Gasteiger partial charge in [0.15, 0.2) is 12.6 Å². The second-order valence-corrected chi connectivity index (χ2v) is 5.33. The molecule has 7 nitrogen and oxygen atoms in total. The number of hydrogen-bond acceptors (Lipinski definition) is 3. The van der Waals surface area contributed by atoms with Crippen molar-refractivity contribution in [1.82, 2.24) is 5.32 Å². The standard InChI is InChI=1S/C16H24N4O3/c1-5-20(11(2)16(23)17-4)10-15(22)19-14-8-6-13(7-9-14)18-12(3)21/h6-9,11H,5,10H2,1-4H3,(H,17,23)(H,18,21)(H,19,22)/p+1/t11-/m0/s1. The number of anilines is 2. The van der Waals surface area contributed by atoms with E-state index in [0.29, 0.717) is 17.9 Å². The summed E-state index contributed by atoms with van der Waals surface area (Å²) in [6, 6.07) is 6.58. The highest BCUT2D eigenvalue weighted by molar-refractivity contribution is 5.92. The van der Waals surface area contributed by atoms with Crippen LogP contribution >= 0.6 is 0 Å². The van der Waals surface area contributed by atoms with Crippen LogP contribution in [-0.4, -0.2) is 43.9 Å². The molecule has 0 saturated carbocycles. The molecule has 1 aromatic rings. The van der Waals surface area contributed by atoms with Crippen molar-refractivity contribution in [2.75, 3.05) is 30.8 Å². The van der Waals surface area contributed by atoms with E-state index in [1.165, 1.54) is 6.92 Å². The normalized spacial score (nSPS) is 12.9. The minimum atomic E-state index is -0.294. The number of amides is 3. The van der Waals surface area contributed by atoms with Crippen LogP contribution in [0.5, 0.6) is 0 Å². The fraction of sp³-hybridized carbons (Fsp3) is 0.438. The van der Waals surface area contributed by atoms with Crippen LogP contribution in [0.2, 0.25) is 0 Å². The van der Waals surface area contributed by atoms with Gasteiger partial charge in [0.1, 0.15) is 0 Å². The lowest BCUT2D eigenvalue weighted by Crippen LogP contribution is -3.17. The van der Waals surface area contributed by atoms with E-state index in [-0.39, 0.29) is 30.3 Å². The van der Waals surface area contributed by atoms with Crippen LogP contribution in [0.3, 0.4) is 0 Å². The number of rotatable bonds is 7. The van der Waals surface area contributed by atoms with E-state index in [2.05, 4.69) is 16.0 Å². The van der Waals surface area contributed by atoms with Crippen LogP contribution in [0, 0.1) is 0 Å². The van der Waals surface area contributed by atoms with E-state index in [4.69, 9.17) is 0 Å². The van der Waals surface area contributed by atoms with Crippen LogP contribution in [0.4, 0.5) is 11.4 Å². The SMILES string of the molecule is CC[NH+](CC(=O)Nc1ccc(NC(C)=O)cc1)[C@@H](C)C(=O)NC. The molecule has 2 atom stereocenters. The minimum absolute atomic E-state index is 0.0886. The van der Waals surface area contributed by atoms with Crippen molar-refractivity contribution in [3.63, 3.8) is 0 Å². The molecule has 0 radical (unpaired) electrons. The third kappa shape index (κ3) is 6.07. The molecule has 1 aromatic carbocycles. The van der Waals surface area contributed by atoms with Gasteiger partial charge in [0.2, 0.25) is 5.91 Å². The second kappa shape index (κ2) is 8.89. The first-order chi connectivity index (χ1) is 10.9. The molecule has 4 N–H and O–H groups in total. The summed E-state index contributed by atoms with van der Waals surface area (Å²) in [5.41, 5.74) is 1.32. The molecule has 0 heterocycles. The summed E-state index contributed by atoms with van der Waals surface area (Å²) in [5.74, 6) is -0.397. The lowest BCUT2D eigenvalue weighted by molar-refractivity contribution is -0.904. The average molecular weight is 321 g/mol. The van der Waals surface area contributed by atoms with Crippen molar-refractivity contribution in [2.24, 2.45) is 0 Å². The molecular weight excluding hydrogens is 296 g/mol. The van der Waals surface area contributed by atoms with Gasteiger partial charge in [-0.05, 0) is 38.1 Å². The van der Waals surface area contributed by atoms with E-state index in [1.807, 2.05) is 6.92 Å². The van der Waals surface area contributed by atoms with Crippen molar-refractivity contribution in [3.8, 4) is 0 Å². The Hall–Kier alpha value is -2.41. The molecule has 0 aromatic heterocycles. The lowest BCUT2D eigenvalue weighted by Gasteiger charge is -2.22. The topological polar surface area (TPSA) is 91.7 Å². The van der Waals surface area contributed by atoms with E-state index in [0.717, 1.165) is 4.90 Å². The number of quaternary nitrogens is 1. The van der Waals surface area contributed by atoms with E-state index < -0.39 is 0 Å². The first-order valence-electron chi connectivity index (χ1n) is 7.61. The zero-order valence-corrected chi connectivity index (χ0v) is 14.0. The summed E-state index contributed by atoms with van der Waals surface area (Å²) >= 11 is 0. The molecule has 0 aliphatic rings. The fourth-order valence-corrected chi connectivity index (χ4v) is 2.24. The number of hydrogen-bond donors (Lipinski definition) is 4. The third-order valence-electron chi connectivity index (χ3n) is 3.58. The minimum Gasteiger partial charge on any atom is -0.354 e. The number of carbonyl (C=O) groups is 3. The Labute approximate surface area is 136 Å². The monoisotopic (exact) mass is 321 g/mol. The van der Waals surface area contributed by atoms with Gasteiger partial charge in [-0.1, -0.05) is 0 Å². The van der Waals surface area contributed by atoms with Gasteiger partial charge in [0.25, 0.3) is 11.8 Å². The summed E-state index contributed by atoms with van der Waals surface area (Å²) < 4.78 is 0. The molecule has 0 spiro atoms. The number of nitrogens with one attached hydrogen (secondary N) is 4. The van der Waals surface area contributed by atoms with Crippen molar-refractivity contribution in [1.29, 1.82) is 0 Å². The van der Waals surface area contributed by atoms with Crippen LogP contribution in [0.1, 0.15) is 20.8 Å². The highest BCUT2D eigenvalue weighted by atomic mass is 16.2. The maximum absolute atomic E-state index is 12.1. The van der Waals surface area contributed by atoms with Crippen molar-refractivity contribution < 1.29 is 19.3 Å². The van der Waals surface area contributed by atoms with Gasteiger partial charge in [0, 0.05) is 25.3 Å². The zero-order chi connectivity index (χ0) is 17.4. The maximum Gasteiger partial charge on any atom is 0.279 e. The summed E-state index contributed by atoms with van der Waals surface area (Å²) in [5, 5.41) is 8.05. The number of benzene rings is 1. The largest absolute Gasteiger partial charge is 0.354 e. The quantitative estimate of drug-likeness (QED) is 0.552. The van der Waals surface area contributed by atoms with Gasteiger partial charge in [-0.25, -0.2) is 0 Å². The Morgan fingerprint density at radius 1 is 1.09 bits per heavy atom. The Bertz CT molecular complexity index is 557. The van der Waals surface area contributed by atoms with Gasteiger partial charge in [-0.2, -0.15) is 0 Å². The molecule has 7 heteroatoms. The van der Waals surface area contributed by atoms with Crippen molar-refractivity contribution in [3.05, 3.63) is 24.3 Å². The van der Waals surface area contributed by atoms with Gasteiger partial charge < -0.3 is 20.9 Å². The Morgan fingerprint density at radius 3 is 2.04 bits per heavy atom. The van der Waals surface area contributed by atoms with Crippen LogP contribution in [0.25, 0.3) is 0 Å². The summed E-state index contributed by atoms with van der Waals surface area (Å²) in [7, 11) is 1.59. The predicted molar refractivity (Wildman–Crippen MR) is 89.3 cm³/mol. The molecule has 3 amide bonds. The molecule has 0 aliphatic carbocycles. The Kier molecular flexibility index (Phi) is 7.21. The molecule has 1 unspecified atom stereocenters. The molecule has 126 valence electrons. The van der Waals surface area contributed by atoms with Crippen molar-refractivity contribution in [2.45, 2.75) is 26.8 Å². The van der Waals surface area contributed by atoms with Gasteiger partial charge >= 0.3 is 0 Å². The number of carbonyl (C=O) groups excluding carboxylic acids is 3. The average Bonchev–Trinajstić information content (AvgIpc) is 2.52. The maximum atomic E-state index is 12.1. The Morgan fingerprint density at radius 2 is 1.61 bits per heavy atom. The highest BCUT2D eigenvalue weighted by Crippen LogP contribution is 2.13. The highest BCUT2D eigenvalue weighted by Gasteiger charge is 2.24. The van der Waals surface area contributed by atoms with E-state index in [1.54, 1.807) is 38.2 Å². The first-order valence-corrected chi connectivity index (χ1v) is 7.61. The second-order valence-electron chi connectivity index (χ2n) is 5.33. The third-order valence-corrected chi connectivity index (χ3v) is 3.58. The van der Waals surface area contributed by atoms with Crippen LogP contribution in [-0.2, 0) is 14.4 Å². The molecule has 0 fully saturated rings. The molecule has 0 saturated heterocycles. The lowest BCUT2D eigenvalue weighted by atomic mass is 10.2. The molecule has 0 aliphatic heterocycles. The molecule has 0 bridgehead atoms. The summed E-state index contributed by atoms with van der Waals surface area (Å²) in [6.45, 7) is 6.05. The predicted octanol–water partition coefficient (Wildman–Crippen LogP) is -0.377. The molecular formula is C16H25N4O3+. The van der Waals surface area contributed by atoms with Gasteiger partial charge in [-0.15, -0.1) is 0 Å². The van der Waals surface area contributed by atoms with E-state index in [9.17, 15) is 14.4 Å². The summed E-state index contributed by atoms with van der Waals surface area (Å²) in [6.07, 6.45) is 0. The smallest absolute Gasteiger partial charge is 0.279 e. The van der Waals surface area contributed by atoms with Crippen molar-refractivity contribution >= 4 is 29.1 Å². The van der Waals surface area contributed by atoms with Gasteiger partial charge in [-0.3, -0.25) is 14.4 Å². The van der Waals surface area contributed by atoms with Crippen LogP contribution in [0.15, 0.2) is 24.3 Å². The van der Waals surface area contributed by atoms with Crippen LogP contribution < -0.4 is 20.9 Å². The molecule has 23 heavy (non-hydrogen) atoms. The zero-order valence-electron chi connectivity index (χ0n) is 14.0. The fourth-order valence-electron chi connectivity index (χ4n) is 2.24. The first kappa shape index (κ1) is 18.6. The van der Waals surface area contributed by atoms with E-state index >= 15 is 0 Å². The summed E-state index contributed by atoms with van der Waals surface area (Å²) in [4.78, 5) is 35.6. The Balaban J connectivity index is 2.61. The van der Waals surface area contributed by atoms with Gasteiger partial charge in [0.05, 0.1) is 6.54 Å². The number of likely N-dealkylation sites (N-methyl/N-ethyl adjacent to an activating group) is 2.